The lowest BCUT2D eigenvalue weighted by Gasteiger charge is -2.34. The van der Waals surface area contributed by atoms with Gasteiger partial charge in [-0.1, -0.05) is 18.2 Å². The Morgan fingerprint density at radius 2 is 2.38 bits per heavy atom. The highest BCUT2D eigenvalue weighted by Crippen LogP contribution is 2.28. The van der Waals surface area contributed by atoms with Crippen molar-refractivity contribution in [3.63, 3.8) is 0 Å². The van der Waals surface area contributed by atoms with Crippen LogP contribution in [0.25, 0.3) is 0 Å². The van der Waals surface area contributed by atoms with Gasteiger partial charge in [0.1, 0.15) is 6.04 Å². The number of benzene rings is 1. The van der Waals surface area contributed by atoms with Gasteiger partial charge in [0.25, 0.3) is 0 Å². The molecule has 6 heteroatoms. The molecule has 1 atom stereocenters. The second-order valence-electron chi connectivity index (χ2n) is 5.21. The molecule has 2 aliphatic heterocycles. The molecule has 0 aliphatic carbocycles. The van der Waals surface area contributed by atoms with Crippen molar-refractivity contribution in [3.8, 4) is 0 Å². The van der Waals surface area contributed by atoms with Crippen LogP contribution in [0.15, 0.2) is 18.2 Å². The lowest BCUT2D eigenvalue weighted by Crippen LogP contribution is -2.49. The molecule has 0 aromatic heterocycles. The molecule has 5 nitrogen and oxygen atoms in total. The van der Waals surface area contributed by atoms with Crippen molar-refractivity contribution in [3.05, 3.63) is 29.3 Å². The van der Waals surface area contributed by atoms with E-state index < -0.39 is 0 Å². The van der Waals surface area contributed by atoms with E-state index in [0.29, 0.717) is 13.2 Å². The van der Waals surface area contributed by atoms with E-state index in [1.807, 2.05) is 0 Å². The first-order valence-electron chi connectivity index (χ1n) is 7.04. The average molecular weight is 313 g/mol. The van der Waals surface area contributed by atoms with E-state index in [0.717, 1.165) is 26.1 Å². The Bertz CT molecular complexity index is 510. The summed E-state index contributed by atoms with van der Waals surface area (Å²) in [5.41, 5.74) is 3.85. The van der Waals surface area contributed by atoms with Gasteiger partial charge in [-0.2, -0.15) is 0 Å². The maximum absolute atomic E-state index is 11.8. The highest BCUT2D eigenvalue weighted by molar-refractivity contribution is 5.85. The highest BCUT2D eigenvalue weighted by Gasteiger charge is 2.31. The lowest BCUT2D eigenvalue weighted by atomic mass is 10.1. The minimum Gasteiger partial charge on any atom is -0.468 e. The number of fused-ring (bicyclic) bond motifs is 1. The molecule has 0 amide bonds. The summed E-state index contributed by atoms with van der Waals surface area (Å²) in [6.45, 7) is 3.57. The van der Waals surface area contributed by atoms with Crippen LogP contribution in [0.2, 0.25) is 0 Å². The maximum Gasteiger partial charge on any atom is 0.325 e. The van der Waals surface area contributed by atoms with Crippen LogP contribution >= 0.6 is 12.4 Å². The number of carbonyl (C=O) groups is 1. The molecule has 3 rings (SSSR count). The van der Waals surface area contributed by atoms with Gasteiger partial charge in [0.15, 0.2) is 0 Å². The number of methoxy groups -OCH3 is 1. The normalized spacial score (nSPS) is 21.1. The van der Waals surface area contributed by atoms with E-state index in [1.54, 1.807) is 0 Å². The number of nitrogens with zero attached hydrogens (tertiary/aromatic N) is 1. The van der Waals surface area contributed by atoms with Crippen molar-refractivity contribution in [2.75, 3.05) is 38.7 Å². The van der Waals surface area contributed by atoms with Crippen LogP contribution in [0.5, 0.6) is 0 Å². The molecule has 1 unspecified atom stereocenters. The topological polar surface area (TPSA) is 50.8 Å². The summed E-state index contributed by atoms with van der Waals surface area (Å²) in [6, 6.07) is 6.08. The van der Waals surface area contributed by atoms with Crippen molar-refractivity contribution in [2.45, 2.75) is 19.0 Å². The first-order chi connectivity index (χ1) is 9.79. The van der Waals surface area contributed by atoms with Gasteiger partial charge in [0.05, 0.1) is 20.3 Å². The van der Waals surface area contributed by atoms with Crippen molar-refractivity contribution < 1.29 is 14.3 Å². The van der Waals surface area contributed by atoms with Crippen LogP contribution in [0.1, 0.15) is 11.1 Å². The third-order valence-electron chi connectivity index (χ3n) is 4.02. The monoisotopic (exact) mass is 312 g/mol. The van der Waals surface area contributed by atoms with Gasteiger partial charge < -0.3 is 14.8 Å². The number of carbonyl (C=O) groups excluding carboxylic acids is 1. The second kappa shape index (κ2) is 7.11. The van der Waals surface area contributed by atoms with E-state index in [9.17, 15) is 4.79 Å². The van der Waals surface area contributed by atoms with E-state index in [4.69, 9.17) is 9.47 Å². The van der Waals surface area contributed by atoms with Gasteiger partial charge in [-0.05, 0) is 17.5 Å². The molecule has 2 heterocycles. The number of esters is 1. The summed E-state index contributed by atoms with van der Waals surface area (Å²) in [5.74, 6) is -0.217. The van der Waals surface area contributed by atoms with Gasteiger partial charge in [0.2, 0.25) is 0 Å². The molecule has 1 N–H and O–H groups in total. The zero-order valence-corrected chi connectivity index (χ0v) is 12.9. The first-order valence-corrected chi connectivity index (χ1v) is 7.04. The molecule has 0 bridgehead atoms. The number of anilines is 1. The van der Waals surface area contributed by atoms with Crippen molar-refractivity contribution in [1.29, 1.82) is 0 Å². The molecule has 1 saturated heterocycles. The number of hydrogen-bond acceptors (Lipinski definition) is 5. The molecule has 2 aliphatic rings. The summed E-state index contributed by atoms with van der Waals surface area (Å²) in [5, 5.41) is 3.44. The van der Waals surface area contributed by atoms with Crippen LogP contribution in [-0.2, 0) is 27.2 Å². The fourth-order valence-electron chi connectivity index (χ4n) is 2.94. The number of para-hydroxylation sites is 1. The summed E-state index contributed by atoms with van der Waals surface area (Å²) in [7, 11) is 1.43. The summed E-state index contributed by atoms with van der Waals surface area (Å²) >= 11 is 0. The molecule has 1 aromatic rings. The van der Waals surface area contributed by atoms with Crippen molar-refractivity contribution in [2.24, 2.45) is 0 Å². The standard InChI is InChI=1S/C15H20N2O3.ClH/c1-19-15(18)13-10-20-8-7-17(13)9-12-4-2-3-11-5-6-16-14(11)12;/h2-4,13,16H,5-10H2,1H3;1H. The quantitative estimate of drug-likeness (QED) is 0.856. The Morgan fingerprint density at radius 3 is 3.19 bits per heavy atom. The maximum atomic E-state index is 11.8. The first kappa shape index (κ1) is 16.1. The number of hydrogen-bond donors (Lipinski definition) is 1. The van der Waals surface area contributed by atoms with Gasteiger partial charge >= 0.3 is 5.97 Å². The van der Waals surface area contributed by atoms with Crippen LogP contribution < -0.4 is 5.32 Å². The lowest BCUT2D eigenvalue weighted by molar-refractivity contribution is -0.153. The molecule has 21 heavy (non-hydrogen) atoms. The fourth-order valence-corrected chi connectivity index (χ4v) is 2.94. The Morgan fingerprint density at radius 1 is 1.52 bits per heavy atom. The molecule has 1 aromatic carbocycles. The van der Waals surface area contributed by atoms with E-state index in [2.05, 4.69) is 28.4 Å². The third-order valence-corrected chi connectivity index (χ3v) is 4.02. The molecule has 0 radical (unpaired) electrons. The van der Waals surface area contributed by atoms with Gasteiger partial charge in [0, 0.05) is 25.3 Å². The average Bonchev–Trinajstić information content (AvgIpc) is 2.96. The number of rotatable bonds is 3. The SMILES string of the molecule is COC(=O)C1COCCN1Cc1cccc2c1NCC2.Cl. The molecular formula is C15H21ClN2O3. The van der Waals surface area contributed by atoms with E-state index in [1.165, 1.54) is 23.9 Å². The van der Waals surface area contributed by atoms with Crippen LogP contribution in [-0.4, -0.2) is 50.3 Å². The number of nitrogens with one attached hydrogen (secondary N) is 1. The number of halogens is 1. The minimum atomic E-state index is -0.300. The predicted octanol–water partition coefficient (Wildman–Crippen LogP) is 1.45. The van der Waals surface area contributed by atoms with Crippen LogP contribution in [0.3, 0.4) is 0 Å². The fraction of sp³-hybridized carbons (Fsp3) is 0.533. The zero-order valence-electron chi connectivity index (χ0n) is 12.1. The molecule has 116 valence electrons. The number of ether oxygens (including phenoxy) is 2. The van der Waals surface area contributed by atoms with Gasteiger partial charge in [-0.15, -0.1) is 12.4 Å². The minimum absolute atomic E-state index is 0. The largest absolute Gasteiger partial charge is 0.468 e. The summed E-state index contributed by atoms with van der Waals surface area (Å²) in [6.07, 6.45) is 1.08. The molecule has 1 fully saturated rings. The Hall–Kier alpha value is -1.30. The van der Waals surface area contributed by atoms with E-state index in [-0.39, 0.29) is 24.4 Å². The van der Waals surface area contributed by atoms with E-state index >= 15 is 0 Å². The predicted molar refractivity (Wildman–Crippen MR) is 82.9 cm³/mol. The smallest absolute Gasteiger partial charge is 0.325 e. The Balaban J connectivity index is 0.00000161. The van der Waals surface area contributed by atoms with Crippen molar-refractivity contribution >= 4 is 24.1 Å². The molecule has 0 spiro atoms. The van der Waals surface area contributed by atoms with Crippen molar-refractivity contribution in [1.82, 2.24) is 4.90 Å². The highest BCUT2D eigenvalue weighted by atomic mass is 35.5. The van der Waals surface area contributed by atoms with Crippen LogP contribution in [0, 0.1) is 0 Å². The summed E-state index contributed by atoms with van der Waals surface area (Å²) < 4.78 is 10.3. The Kier molecular flexibility index (Phi) is 5.45. The third kappa shape index (κ3) is 3.31. The van der Waals surface area contributed by atoms with Gasteiger partial charge in [-0.25, -0.2) is 0 Å². The number of morpholine rings is 1. The Labute approximate surface area is 131 Å². The molecule has 0 saturated carbocycles. The molecular weight excluding hydrogens is 292 g/mol. The zero-order chi connectivity index (χ0) is 13.9. The van der Waals surface area contributed by atoms with Crippen LogP contribution in [0.4, 0.5) is 5.69 Å². The summed E-state index contributed by atoms with van der Waals surface area (Å²) in [4.78, 5) is 14.0. The van der Waals surface area contributed by atoms with Gasteiger partial charge in [-0.3, -0.25) is 9.69 Å². The second-order valence-corrected chi connectivity index (χ2v) is 5.21.